The van der Waals surface area contributed by atoms with E-state index >= 15 is 0 Å². The number of benzene rings is 11. The van der Waals surface area contributed by atoms with Gasteiger partial charge in [-0.1, -0.05) is 200 Å². The largest absolute Gasteiger partial charge is 0.309 e. The van der Waals surface area contributed by atoms with E-state index in [0.717, 1.165) is 11.4 Å². The zero-order valence-electron chi connectivity index (χ0n) is 36.9. The molecule has 0 aliphatic heterocycles. The summed E-state index contributed by atoms with van der Waals surface area (Å²) in [4.78, 5) is 2.60. The van der Waals surface area contributed by atoms with Crippen molar-refractivity contribution in [1.29, 1.82) is 0 Å². The van der Waals surface area contributed by atoms with Crippen molar-refractivity contribution >= 4 is 59.3 Å². The lowest BCUT2D eigenvalue weighted by molar-refractivity contribution is 0.793. The van der Waals surface area contributed by atoms with Gasteiger partial charge in [-0.2, -0.15) is 0 Å². The van der Waals surface area contributed by atoms with Gasteiger partial charge in [0.25, 0.3) is 0 Å². The maximum Gasteiger partial charge on any atom is 0.0726 e. The van der Waals surface area contributed by atoms with E-state index < -0.39 is 10.8 Å². The number of thiophene rings is 1. The first kappa shape index (κ1) is 36.9. The van der Waals surface area contributed by atoms with Crippen LogP contribution in [-0.2, 0) is 10.8 Å². The van der Waals surface area contributed by atoms with Crippen molar-refractivity contribution in [3.63, 3.8) is 0 Å². The van der Waals surface area contributed by atoms with Crippen molar-refractivity contribution in [2.45, 2.75) is 10.8 Å². The van der Waals surface area contributed by atoms with E-state index in [1.54, 1.807) is 0 Å². The fourth-order valence-corrected chi connectivity index (χ4v) is 14.8. The summed E-state index contributed by atoms with van der Waals surface area (Å²) in [6, 6.07) is 89.9. The molecule has 68 heavy (non-hydrogen) atoms. The van der Waals surface area contributed by atoms with E-state index in [-0.39, 0.29) is 0 Å². The molecule has 314 valence electrons. The maximum atomic E-state index is 2.60. The first-order chi connectivity index (χ1) is 33.7. The molecule has 0 saturated carbocycles. The first-order valence-corrected chi connectivity index (χ1v) is 24.6. The van der Waals surface area contributed by atoms with Gasteiger partial charge in [0, 0.05) is 26.8 Å². The van der Waals surface area contributed by atoms with Crippen LogP contribution in [0.25, 0.3) is 75.5 Å². The van der Waals surface area contributed by atoms with Gasteiger partial charge in [0.05, 0.1) is 21.2 Å². The van der Waals surface area contributed by atoms with E-state index in [4.69, 9.17) is 0 Å². The van der Waals surface area contributed by atoms with Crippen molar-refractivity contribution in [3.05, 3.63) is 281 Å². The van der Waals surface area contributed by atoms with Crippen molar-refractivity contribution in [2.75, 3.05) is 4.90 Å². The zero-order valence-corrected chi connectivity index (χ0v) is 37.7. The first-order valence-electron chi connectivity index (χ1n) is 23.8. The van der Waals surface area contributed by atoms with Gasteiger partial charge in [-0.15, -0.1) is 11.3 Å². The lowest BCUT2D eigenvalue weighted by Gasteiger charge is -2.33. The van der Waals surface area contributed by atoms with Crippen LogP contribution in [-0.4, -0.2) is 0 Å². The highest BCUT2D eigenvalue weighted by Gasteiger charge is 2.53. The average Bonchev–Trinajstić information content (AvgIpc) is 4.18. The van der Waals surface area contributed by atoms with Gasteiger partial charge >= 0.3 is 0 Å². The molecule has 0 fully saturated rings. The van der Waals surface area contributed by atoms with Gasteiger partial charge in [0.2, 0.25) is 0 Å². The Hall–Kier alpha value is -8.30. The highest BCUT2D eigenvalue weighted by Crippen LogP contribution is 2.65. The molecule has 0 N–H and O–H groups in total. The number of fused-ring (bicyclic) bond motifs is 25. The van der Waals surface area contributed by atoms with Crippen molar-refractivity contribution < 1.29 is 0 Å². The lowest BCUT2D eigenvalue weighted by Crippen LogP contribution is -2.26. The summed E-state index contributed by atoms with van der Waals surface area (Å²) in [6.07, 6.45) is 0. The van der Waals surface area contributed by atoms with Gasteiger partial charge < -0.3 is 4.90 Å². The maximum absolute atomic E-state index is 2.60. The molecule has 0 saturated heterocycles. The Morgan fingerprint density at radius 1 is 0.294 bits per heavy atom. The van der Waals surface area contributed by atoms with Crippen LogP contribution in [0.5, 0.6) is 0 Å². The third kappa shape index (κ3) is 4.38. The quantitative estimate of drug-likeness (QED) is 0.171. The second kappa shape index (κ2) is 13.2. The molecule has 0 radical (unpaired) electrons. The van der Waals surface area contributed by atoms with E-state index in [1.807, 2.05) is 11.3 Å². The average molecular weight is 878 g/mol. The Morgan fingerprint density at radius 2 is 0.691 bits per heavy atom. The highest BCUT2D eigenvalue weighted by molar-refractivity contribution is 7.26. The molecule has 0 unspecified atom stereocenters. The van der Waals surface area contributed by atoms with Crippen LogP contribution in [0.3, 0.4) is 0 Å². The van der Waals surface area contributed by atoms with Crippen LogP contribution in [0.1, 0.15) is 44.5 Å². The fourth-order valence-electron chi connectivity index (χ4n) is 13.6. The van der Waals surface area contributed by atoms with E-state index in [2.05, 4.69) is 241 Å². The van der Waals surface area contributed by atoms with Crippen LogP contribution in [0.2, 0.25) is 0 Å². The van der Waals surface area contributed by atoms with Gasteiger partial charge in [-0.3, -0.25) is 0 Å². The molecule has 4 aliphatic rings. The molecule has 0 bridgehead atoms. The standard InChI is InChI=1S/C66H39NS/c1-2-18-43-40(17-1)37-61(64-63(43)51-25-9-16-32-62(51)68-64)67(41-34-36-59-52(38-41)49-24-8-15-31-58(49)65(59)53-26-10-3-19-44(53)45-20-4-11-27-54(45)65)42-33-35-50-48-23-7-14-30-57(48)66(60(50)39-42)55-28-12-5-21-46(55)47-22-6-13-29-56(47)66/h1-39H. The summed E-state index contributed by atoms with van der Waals surface area (Å²) >= 11 is 1.91. The molecular weight excluding hydrogens is 839 g/mol. The van der Waals surface area contributed by atoms with Crippen LogP contribution in [0.4, 0.5) is 17.1 Å². The zero-order chi connectivity index (χ0) is 44.3. The minimum absolute atomic E-state index is 0.418. The minimum Gasteiger partial charge on any atom is -0.309 e. The lowest BCUT2D eigenvalue weighted by atomic mass is 9.70. The predicted octanol–water partition coefficient (Wildman–Crippen LogP) is 17.4. The van der Waals surface area contributed by atoms with Gasteiger partial charge in [0.1, 0.15) is 0 Å². The van der Waals surface area contributed by atoms with Crippen molar-refractivity contribution in [2.24, 2.45) is 0 Å². The summed E-state index contributed by atoms with van der Waals surface area (Å²) in [7, 11) is 0. The van der Waals surface area contributed by atoms with Crippen LogP contribution in [0.15, 0.2) is 237 Å². The van der Waals surface area contributed by atoms with E-state index in [9.17, 15) is 0 Å². The van der Waals surface area contributed by atoms with Gasteiger partial charge in [-0.25, -0.2) is 0 Å². The van der Waals surface area contributed by atoms with Crippen molar-refractivity contribution in [3.8, 4) is 44.5 Å². The summed E-state index contributed by atoms with van der Waals surface area (Å²) < 4.78 is 2.59. The number of rotatable bonds is 3. The molecule has 2 spiro atoms. The number of hydrogen-bond acceptors (Lipinski definition) is 2. The Bertz CT molecular complexity index is 4080. The van der Waals surface area contributed by atoms with Crippen LogP contribution < -0.4 is 4.90 Å². The molecule has 12 aromatic rings. The molecule has 16 rings (SSSR count). The number of hydrogen-bond donors (Lipinski definition) is 0. The topological polar surface area (TPSA) is 3.24 Å². The monoisotopic (exact) mass is 877 g/mol. The van der Waals surface area contributed by atoms with Crippen molar-refractivity contribution in [1.82, 2.24) is 0 Å². The minimum atomic E-state index is -0.469. The molecule has 0 atom stereocenters. The molecule has 0 amide bonds. The Labute approximate surface area is 398 Å². The Kier molecular flexibility index (Phi) is 7.15. The van der Waals surface area contributed by atoms with Gasteiger partial charge in [-0.05, 0) is 136 Å². The third-order valence-electron chi connectivity index (χ3n) is 16.1. The molecule has 11 aromatic carbocycles. The van der Waals surface area contributed by atoms with Crippen LogP contribution in [0, 0.1) is 0 Å². The summed E-state index contributed by atoms with van der Waals surface area (Å²) in [5.41, 5.74) is 23.8. The van der Waals surface area contributed by atoms with Crippen LogP contribution >= 0.6 is 11.3 Å². The molecular formula is C66H39NS. The van der Waals surface area contributed by atoms with E-state index in [0.29, 0.717) is 0 Å². The summed E-state index contributed by atoms with van der Waals surface area (Å²) in [5, 5.41) is 5.14. The predicted molar refractivity (Wildman–Crippen MR) is 284 cm³/mol. The number of anilines is 3. The summed E-state index contributed by atoms with van der Waals surface area (Å²) in [5.74, 6) is 0. The highest BCUT2D eigenvalue weighted by atomic mass is 32.1. The van der Waals surface area contributed by atoms with Gasteiger partial charge in [0.15, 0.2) is 0 Å². The Balaban J connectivity index is 1.01. The summed E-state index contributed by atoms with van der Waals surface area (Å²) in [6.45, 7) is 0. The third-order valence-corrected chi connectivity index (χ3v) is 17.3. The molecule has 1 heterocycles. The van der Waals surface area contributed by atoms with E-state index in [1.165, 1.54) is 126 Å². The molecule has 1 aromatic heterocycles. The Morgan fingerprint density at radius 3 is 1.25 bits per heavy atom. The molecule has 4 aliphatic carbocycles. The molecule has 1 nitrogen and oxygen atoms in total. The SMILES string of the molecule is c1ccc2c(c1)-c1ccccc1C21c2ccccc2-c2cc(N(c3ccc4c(c3)C3(c5ccccc5-c5ccccc53)c3ccccc3-4)c3cc4ccccc4c4c3sc3ccccc34)ccc21. The fraction of sp³-hybridized carbons (Fsp3) is 0.0303. The normalized spacial score (nSPS) is 14.4. The second-order valence-corrected chi connectivity index (χ2v) is 20.0. The number of nitrogens with zero attached hydrogens (tertiary/aromatic N) is 1. The second-order valence-electron chi connectivity index (χ2n) is 19.0. The smallest absolute Gasteiger partial charge is 0.0726 e. The molecule has 2 heteroatoms.